The van der Waals surface area contributed by atoms with E-state index in [1.807, 2.05) is 0 Å². The van der Waals surface area contributed by atoms with E-state index in [2.05, 4.69) is 17.6 Å². The summed E-state index contributed by atoms with van der Waals surface area (Å²) in [6.07, 6.45) is 4.39. The number of nitrogens with one attached hydrogen (secondary N) is 2. The summed E-state index contributed by atoms with van der Waals surface area (Å²) in [7, 11) is -2.96. The van der Waals surface area contributed by atoms with Crippen molar-refractivity contribution in [2.45, 2.75) is 56.4 Å². The first-order valence-electron chi connectivity index (χ1n) is 6.74. The van der Waals surface area contributed by atoms with Crippen LogP contribution in [0.2, 0.25) is 0 Å². The van der Waals surface area contributed by atoms with Crippen LogP contribution in [0.25, 0.3) is 0 Å². The third-order valence-corrected chi connectivity index (χ3v) is 6.17. The molecule has 3 unspecified atom stereocenters. The monoisotopic (exact) mass is 274 g/mol. The van der Waals surface area contributed by atoms with Crippen molar-refractivity contribution in [1.82, 2.24) is 10.6 Å². The van der Waals surface area contributed by atoms with Crippen molar-refractivity contribution in [2.24, 2.45) is 0 Å². The minimum Gasteiger partial charge on any atom is -0.353 e. The lowest BCUT2D eigenvalue weighted by molar-refractivity contribution is -0.123. The molecule has 18 heavy (non-hydrogen) atoms. The fourth-order valence-electron chi connectivity index (χ4n) is 2.77. The second-order valence-electron chi connectivity index (χ2n) is 5.43. The molecular formula is C12H22N2O3S. The van der Waals surface area contributed by atoms with Crippen LogP contribution in [0, 0.1) is 0 Å². The lowest BCUT2D eigenvalue weighted by atomic mass is 9.99. The molecule has 0 aliphatic carbocycles. The molecule has 104 valence electrons. The van der Waals surface area contributed by atoms with Gasteiger partial charge in [0.25, 0.3) is 0 Å². The zero-order chi connectivity index (χ0) is 13.2. The van der Waals surface area contributed by atoms with Crippen molar-refractivity contribution in [1.29, 1.82) is 0 Å². The van der Waals surface area contributed by atoms with Crippen LogP contribution in [0.1, 0.15) is 39.0 Å². The largest absolute Gasteiger partial charge is 0.353 e. The van der Waals surface area contributed by atoms with Gasteiger partial charge in [-0.3, -0.25) is 4.79 Å². The Morgan fingerprint density at radius 3 is 2.67 bits per heavy atom. The van der Waals surface area contributed by atoms with Crippen molar-refractivity contribution in [2.75, 3.05) is 12.3 Å². The highest BCUT2D eigenvalue weighted by atomic mass is 32.2. The van der Waals surface area contributed by atoms with Gasteiger partial charge in [-0.1, -0.05) is 0 Å². The van der Waals surface area contributed by atoms with Crippen LogP contribution in [-0.4, -0.2) is 44.0 Å². The topological polar surface area (TPSA) is 75.3 Å². The van der Waals surface area contributed by atoms with Gasteiger partial charge >= 0.3 is 0 Å². The number of sulfone groups is 1. The number of amides is 1. The van der Waals surface area contributed by atoms with E-state index in [9.17, 15) is 13.2 Å². The van der Waals surface area contributed by atoms with Crippen LogP contribution in [0.5, 0.6) is 0 Å². The predicted molar refractivity (Wildman–Crippen MR) is 70.1 cm³/mol. The van der Waals surface area contributed by atoms with Crippen LogP contribution >= 0.6 is 0 Å². The minimum absolute atomic E-state index is 0.0522. The van der Waals surface area contributed by atoms with E-state index in [0.717, 1.165) is 25.7 Å². The molecule has 0 radical (unpaired) electrons. The standard InChI is InChI=1S/C12H22N2O3S/c1-9-4-2-6-11(14-9)12(15)13-8-10-5-3-7-18(10,16)17/h9-11,14H,2-8H2,1H3,(H,13,15). The Morgan fingerprint density at radius 2 is 2.06 bits per heavy atom. The van der Waals surface area contributed by atoms with Gasteiger partial charge in [0.05, 0.1) is 17.0 Å². The number of carbonyl (C=O) groups is 1. The summed E-state index contributed by atoms with van der Waals surface area (Å²) in [6.45, 7) is 2.34. The number of piperidine rings is 1. The second kappa shape index (κ2) is 5.57. The van der Waals surface area contributed by atoms with E-state index in [1.165, 1.54) is 0 Å². The molecule has 6 heteroatoms. The molecule has 0 aromatic carbocycles. The molecule has 2 rings (SSSR count). The maximum absolute atomic E-state index is 11.9. The van der Waals surface area contributed by atoms with Crippen LogP contribution in [0.4, 0.5) is 0 Å². The highest BCUT2D eigenvalue weighted by Gasteiger charge is 2.32. The number of hydrogen-bond acceptors (Lipinski definition) is 4. The summed E-state index contributed by atoms with van der Waals surface area (Å²) in [4.78, 5) is 11.9. The lowest BCUT2D eigenvalue weighted by Crippen LogP contribution is -2.51. The van der Waals surface area contributed by atoms with E-state index in [-0.39, 0.29) is 29.5 Å². The fraction of sp³-hybridized carbons (Fsp3) is 0.917. The van der Waals surface area contributed by atoms with Crippen molar-refractivity contribution < 1.29 is 13.2 Å². The van der Waals surface area contributed by atoms with Gasteiger partial charge in [0.2, 0.25) is 5.91 Å². The summed E-state index contributed by atoms with van der Waals surface area (Å²) < 4.78 is 23.3. The first-order valence-corrected chi connectivity index (χ1v) is 8.46. The van der Waals surface area contributed by atoms with Crippen molar-refractivity contribution in [3.8, 4) is 0 Å². The Hall–Kier alpha value is -0.620. The fourth-order valence-corrected chi connectivity index (χ4v) is 4.54. The molecule has 0 aromatic heterocycles. The summed E-state index contributed by atoms with van der Waals surface area (Å²) in [5, 5.41) is 5.67. The molecule has 0 bridgehead atoms. The Bertz CT molecular complexity index is 408. The molecule has 2 aliphatic rings. The van der Waals surface area contributed by atoms with Crippen LogP contribution in [0.3, 0.4) is 0 Å². The molecule has 2 saturated heterocycles. The third-order valence-electron chi connectivity index (χ3n) is 3.90. The summed E-state index contributed by atoms with van der Waals surface area (Å²) in [6, 6.07) is 0.211. The molecule has 0 aromatic rings. The zero-order valence-electron chi connectivity index (χ0n) is 10.8. The number of rotatable bonds is 3. The smallest absolute Gasteiger partial charge is 0.237 e. The molecule has 2 heterocycles. The van der Waals surface area contributed by atoms with Crippen molar-refractivity contribution >= 4 is 15.7 Å². The molecule has 2 aliphatic heterocycles. The van der Waals surface area contributed by atoms with Crippen LogP contribution < -0.4 is 10.6 Å². The van der Waals surface area contributed by atoms with Gasteiger partial charge in [0, 0.05) is 12.6 Å². The van der Waals surface area contributed by atoms with Gasteiger partial charge in [0.15, 0.2) is 9.84 Å². The molecule has 5 nitrogen and oxygen atoms in total. The van der Waals surface area contributed by atoms with Gasteiger partial charge in [0.1, 0.15) is 0 Å². The van der Waals surface area contributed by atoms with Crippen molar-refractivity contribution in [3.05, 3.63) is 0 Å². The van der Waals surface area contributed by atoms with E-state index >= 15 is 0 Å². The molecule has 0 spiro atoms. The molecule has 2 fully saturated rings. The highest BCUT2D eigenvalue weighted by Crippen LogP contribution is 2.19. The summed E-state index contributed by atoms with van der Waals surface area (Å²) in [5.74, 6) is 0.218. The van der Waals surface area contributed by atoms with Gasteiger partial charge in [-0.05, 0) is 39.0 Å². The Morgan fingerprint density at radius 1 is 1.28 bits per heavy atom. The molecule has 1 amide bonds. The van der Waals surface area contributed by atoms with E-state index in [1.54, 1.807) is 0 Å². The van der Waals surface area contributed by atoms with Crippen molar-refractivity contribution in [3.63, 3.8) is 0 Å². The Kier molecular flexibility index (Phi) is 4.27. The number of hydrogen-bond donors (Lipinski definition) is 2. The van der Waals surface area contributed by atoms with Crippen LogP contribution in [-0.2, 0) is 14.6 Å². The Balaban J connectivity index is 1.81. The quantitative estimate of drug-likeness (QED) is 0.771. The minimum atomic E-state index is -2.96. The molecule has 2 N–H and O–H groups in total. The predicted octanol–water partition coefficient (Wildman–Crippen LogP) is 0.210. The lowest BCUT2D eigenvalue weighted by Gasteiger charge is -2.28. The molecular weight excluding hydrogens is 252 g/mol. The van der Waals surface area contributed by atoms with Gasteiger partial charge in [-0.2, -0.15) is 0 Å². The first-order chi connectivity index (χ1) is 8.49. The maximum Gasteiger partial charge on any atom is 0.237 e. The SMILES string of the molecule is CC1CCCC(C(=O)NCC2CCCS2(=O)=O)N1. The molecule has 0 saturated carbocycles. The number of carbonyl (C=O) groups excluding carboxylic acids is 1. The maximum atomic E-state index is 11.9. The molecule has 3 atom stereocenters. The van der Waals surface area contributed by atoms with Gasteiger partial charge in [-0.25, -0.2) is 8.42 Å². The van der Waals surface area contributed by atoms with Gasteiger partial charge in [-0.15, -0.1) is 0 Å². The first kappa shape index (κ1) is 13.8. The average molecular weight is 274 g/mol. The highest BCUT2D eigenvalue weighted by molar-refractivity contribution is 7.92. The average Bonchev–Trinajstić information content (AvgIpc) is 2.65. The third kappa shape index (κ3) is 3.23. The normalized spacial score (nSPS) is 35.3. The van der Waals surface area contributed by atoms with E-state index in [4.69, 9.17) is 0 Å². The summed E-state index contributed by atoms with van der Waals surface area (Å²) in [5.41, 5.74) is 0. The van der Waals surface area contributed by atoms with E-state index < -0.39 is 9.84 Å². The summed E-state index contributed by atoms with van der Waals surface area (Å²) >= 11 is 0. The second-order valence-corrected chi connectivity index (χ2v) is 7.83. The van der Waals surface area contributed by atoms with Crippen LogP contribution in [0.15, 0.2) is 0 Å². The zero-order valence-corrected chi connectivity index (χ0v) is 11.6. The van der Waals surface area contributed by atoms with Gasteiger partial charge < -0.3 is 10.6 Å². The van der Waals surface area contributed by atoms with E-state index in [0.29, 0.717) is 12.5 Å². The Labute approximate surface area is 109 Å².